The van der Waals surface area contributed by atoms with E-state index in [0.29, 0.717) is 31.8 Å². The number of hydrazine groups is 1. The number of rotatable bonds is 7. The van der Waals surface area contributed by atoms with Crippen LogP contribution < -0.4 is 10.7 Å². The van der Waals surface area contributed by atoms with Gasteiger partial charge in [-0.2, -0.15) is 0 Å². The molecule has 0 bridgehead atoms. The normalized spacial score (nSPS) is 15.3. The lowest BCUT2D eigenvalue weighted by molar-refractivity contribution is -0.138. The molecule has 0 aromatic rings. The fraction of sp³-hybridized carbons (Fsp3) is 0.455. The van der Waals surface area contributed by atoms with Crippen LogP contribution >= 0.6 is 24.8 Å². The Morgan fingerprint density at radius 2 is 2.56 bits per heavy atom. The van der Waals surface area contributed by atoms with Crippen LogP contribution in [0.4, 0.5) is 0 Å². The molecular weight excluding hydrogens is 270 g/mol. The highest BCUT2D eigenvalue weighted by atomic mass is 32.1. The highest BCUT2D eigenvalue weighted by Gasteiger charge is 2.18. The highest BCUT2D eigenvalue weighted by molar-refractivity contribution is 7.83. The van der Waals surface area contributed by atoms with Crippen LogP contribution in [-0.2, 0) is 9.53 Å². The predicted octanol–water partition coefficient (Wildman–Crippen LogP) is 0.614. The van der Waals surface area contributed by atoms with Gasteiger partial charge in [-0.15, -0.1) is 12.6 Å². The third-order valence-corrected chi connectivity index (χ3v) is 2.80. The Balaban J connectivity index is 2.33. The number of nitrogens with zero attached hydrogens (tertiary/aromatic N) is 1. The van der Waals surface area contributed by atoms with Crippen molar-refractivity contribution in [3.63, 3.8) is 0 Å². The Hall–Kier alpha value is -1.05. The van der Waals surface area contributed by atoms with E-state index in [0.717, 1.165) is 5.70 Å². The molecule has 0 saturated heterocycles. The second kappa shape index (κ2) is 8.12. The number of hydrogen-bond donors (Lipinski definition) is 3. The van der Waals surface area contributed by atoms with Gasteiger partial charge in [0.1, 0.15) is 0 Å². The minimum Gasteiger partial charge on any atom is -0.463 e. The van der Waals surface area contributed by atoms with Gasteiger partial charge in [-0.3, -0.25) is 0 Å². The van der Waals surface area contributed by atoms with Crippen LogP contribution in [0.2, 0.25) is 0 Å². The largest absolute Gasteiger partial charge is 0.463 e. The van der Waals surface area contributed by atoms with E-state index in [1.165, 1.54) is 5.37 Å². The minimum atomic E-state index is -0.268. The summed E-state index contributed by atoms with van der Waals surface area (Å²) >= 11 is 8.81. The van der Waals surface area contributed by atoms with Crippen LogP contribution in [0, 0.1) is 0 Å². The number of esters is 1. The van der Waals surface area contributed by atoms with E-state index in [1.807, 2.05) is 5.01 Å². The lowest BCUT2D eigenvalue weighted by Crippen LogP contribution is -2.35. The summed E-state index contributed by atoms with van der Waals surface area (Å²) in [6.45, 7) is 4.08. The summed E-state index contributed by atoms with van der Waals surface area (Å²) in [4.78, 5) is 11.5. The average Bonchev–Trinajstić information content (AvgIpc) is 2.84. The van der Waals surface area contributed by atoms with E-state index in [2.05, 4.69) is 23.4 Å². The standard InChI is InChI=1S/C11H17N3O2S2/c1-2-16-11(15)9-5-13-14(6-9)4-3-12-10(7-17)8-18/h6-8,12-13,17H,2-5H2,1H3/b10-7-. The number of ether oxygens (including phenoxy) is 1. The van der Waals surface area contributed by atoms with Gasteiger partial charge in [0.2, 0.25) is 0 Å². The van der Waals surface area contributed by atoms with Crippen LogP contribution in [0.25, 0.3) is 0 Å². The van der Waals surface area contributed by atoms with Crippen LogP contribution in [0.3, 0.4) is 0 Å². The summed E-state index contributed by atoms with van der Waals surface area (Å²) in [5, 5.41) is 8.11. The third kappa shape index (κ3) is 4.67. The molecule has 1 rings (SSSR count). The van der Waals surface area contributed by atoms with Crippen molar-refractivity contribution >= 4 is 36.2 Å². The lowest BCUT2D eigenvalue weighted by Gasteiger charge is -2.16. The van der Waals surface area contributed by atoms with Gasteiger partial charge in [-0.05, 0) is 12.3 Å². The van der Waals surface area contributed by atoms with Crippen molar-refractivity contribution in [3.05, 3.63) is 22.9 Å². The first kappa shape index (κ1) is 15.0. The molecule has 1 aliphatic rings. The first-order valence-electron chi connectivity index (χ1n) is 5.62. The second-order valence-corrected chi connectivity index (χ2v) is 4.03. The quantitative estimate of drug-likeness (QED) is 0.276. The van der Waals surface area contributed by atoms with Crippen molar-refractivity contribution < 1.29 is 9.53 Å². The van der Waals surface area contributed by atoms with Gasteiger partial charge in [0.25, 0.3) is 0 Å². The van der Waals surface area contributed by atoms with E-state index in [4.69, 9.17) is 17.0 Å². The first-order valence-corrected chi connectivity index (χ1v) is 6.61. The molecule has 0 radical (unpaired) electrons. The number of carbonyl (C=O) groups excluding carboxylic acids is 1. The molecule has 0 aromatic carbocycles. The monoisotopic (exact) mass is 287 g/mol. The molecule has 100 valence electrons. The van der Waals surface area contributed by atoms with Crippen molar-refractivity contribution in [2.45, 2.75) is 6.92 Å². The predicted molar refractivity (Wildman–Crippen MR) is 78.2 cm³/mol. The summed E-state index contributed by atoms with van der Waals surface area (Å²) in [6, 6.07) is 0. The molecule has 0 aromatic heterocycles. The van der Waals surface area contributed by atoms with Crippen molar-refractivity contribution in [2.24, 2.45) is 0 Å². The smallest absolute Gasteiger partial charge is 0.336 e. The number of nitrogens with one attached hydrogen (secondary N) is 2. The number of thiocarbonyl (C=S) groups is 1. The van der Waals surface area contributed by atoms with Crippen LogP contribution in [-0.4, -0.2) is 42.6 Å². The average molecular weight is 287 g/mol. The van der Waals surface area contributed by atoms with Gasteiger partial charge < -0.3 is 15.1 Å². The zero-order valence-electron chi connectivity index (χ0n) is 10.2. The molecule has 0 atom stereocenters. The molecule has 0 unspecified atom stereocenters. The van der Waals surface area contributed by atoms with Gasteiger partial charge in [0, 0.05) is 24.7 Å². The number of carbonyl (C=O) groups is 1. The molecular formula is C11H17N3O2S2. The summed E-state index contributed by atoms with van der Waals surface area (Å²) in [7, 11) is 0. The molecule has 7 heteroatoms. The zero-order valence-corrected chi connectivity index (χ0v) is 11.9. The topological polar surface area (TPSA) is 53.6 Å². The molecule has 0 fully saturated rings. The van der Waals surface area contributed by atoms with Crippen molar-refractivity contribution in [3.8, 4) is 0 Å². The maximum Gasteiger partial charge on any atom is 0.336 e. The molecule has 0 amide bonds. The third-order valence-electron chi connectivity index (χ3n) is 2.27. The molecule has 0 spiro atoms. The van der Waals surface area contributed by atoms with Gasteiger partial charge in [-0.25, -0.2) is 10.2 Å². The summed E-state index contributed by atoms with van der Waals surface area (Å²) in [5.41, 5.74) is 4.51. The van der Waals surface area contributed by atoms with Crippen molar-refractivity contribution in [2.75, 3.05) is 26.2 Å². The van der Waals surface area contributed by atoms with E-state index >= 15 is 0 Å². The van der Waals surface area contributed by atoms with Gasteiger partial charge >= 0.3 is 5.97 Å². The van der Waals surface area contributed by atoms with E-state index in [1.54, 1.807) is 18.5 Å². The maximum atomic E-state index is 11.5. The van der Waals surface area contributed by atoms with Crippen LogP contribution in [0.1, 0.15) is 6.92 Å². The Bertz CT molecular complexity index is 369. The van der Waals surface area contributed by atoms with Gasteiger partial charge in [0.05, 0.1) is 24.4 Å². The van der Waals surface area contributed by atoms with Crippen LogP contribution in [0.15, 0.2) is 22.9 Å². The first-order chi connectivity index (χ1) is 8.71. The van der Waals surface area contributed by atoms with Crippen LogP contribution in [0.5, 0.6) is 0 Å². The maximum absolute atomic E-state index is 11.5. The van der Waals surface area contributed by atoms with E-state index in [9.17, 15) is 4.79 Å². The Labute approximate surface area is 118 Å². The summed E-state index contributed by atoms with van der Waals surface area (Å²) in [6.07, 6.45) is 1.77. The molecule has 2 N–H and O–H groups in total. The minimum absolute atomic E-state index is 0.268. The number of thiol groups is 1. The van der Waals surface area contributed by atoms with Crippen molar-refractivity contribution in [1.82, 2.24) is 15.8 Å². The molecule has 0 aliphatic carbocycles. The molecule has 1 heterocycles. The van der Waals surface area contributed by atoms with E-state index < -0.39 is 0 Å². The molecule has 18 heavy (non-hydrogen) atoms. The fourth-order valence-corrected chi connectivity index (χ4v) is 1.81. The SMILES string of the molecule is CCOC(=O)C1=CN(CCN/C(C=S)=C\S)NC1. The number of hydrogen-bond acceptors (Lipinski definition) is 7. The Morgan fingerprint density at radius 1 is 1.78 bits per heavy atom. The Morgan fingerprint density at radius 3 is 3.17 bits per heavy atom. The molecule has 1 aliphatic heterocycles. The molecule has 0 saturated carbocycles. The summed E-state index contributed by atoms with van der Waals surface area (Å²) < 4.78 is 4.92. The van der Waals surface area contributed by atoms with Crippen molar-refractivity contribution in [1.29, 1.82) is 0 Å². The second-order valence-electron chi connectivity index (χ2n) is 3.53. The van der Waals surface area contributed by atoms with Gasteiger partial charge in [-0.1, -0.05) is 12.2 Å². The fourth-order valence-electron chi connectivity index (χ4n) is 1.40. The van der Waals surface area contributed by atoms with Gasteiger partial charge in [0.15, 0.2) is 0 Å². The highest BCUT2D eigenvalue weighted by Crippen LogP contribution is 2.05. The Kier molecular flexibility index (Phi) is 6.77. The molecule has 5 nitrogen and oxygen atoms in total. The summed E-state index contributed by atoms with van der Waals surface area (Å²) in [5.74, 6) is -0.268. The number of allylic oxidation sites excluding steroid dienone is 1. The zero-order chi connectivity index (χ0) is 13.4. The van der Waals surface area contributed by atoms with E-state index in [-0.39, 0.29) is 5.97 Å². The lowest BCUT2D eigenvalue weighted by atomic mass is 10.3.